The van der Waals surface area contributed by atoms with E-state index in [-0.39, 0.29) is 24.8 Å². The summed E-state index contributed by atoms with van der Waals surface area (Å²) in [7, 11) is 0. The predicted molar refractivity (Wildman–Crippen MR) is 112 cm³/mol. The summed E-state index contributed by atoms with van der Waals surface area (Å²) in [6, 6.07) is 14.6. The van der Waals surface area contributed by atoms with Crippen LogP contribution in [0, 0.1) is 6.92 Å². The molecule has 28 heavy (non-hydrogen) atoms. The molecule has 2 rings (SSSR count). The number of hydrogen-bond donors (Lipinski definition) is 2. The Bertz CT molecular complexity index is 877. The van der Waals surface area contributed by atoms with Gasteiger partial charge in [-0.25, -0.2) is 10.4 Å². The molecule has 2 aromatic carbocycles. The topological polar surface area (TPSA) is 79.8 Å². The maximum absolute atomic E-state index is 12.6. The molecule has 0 amide bonds. The van der Waals surface area contributed by atoms with Crippen LogP contribution in [0.5, 0.6) is 0 Å². The Kier molecular flexibility index (Phi) is 8.39. The number of halogens is 1. The van der Waals surface area contributed by atoms with E-state index in [0.29, 0.717) is 16.3 Å². The fraction of sp³-hybridized carbons (Fsp3) is 0.190. The zero-order chi connectivity index (χ0) is 20.4. The van der Waals surface area contributed by atoms with Crippen molar-refractivity contribution in [2.45, 2.75) is 13.8 Å². The fourth-order valence-corrected chi connectivity index (χ4v) is 2.36. The predicted octanol–water partition coefficient (Wildman–Crippen LogP) is 3.62. The first-order valence-electron chi connectivity index (χ1n) is 8.76. The molecule has 0 saturated carbocycles. The first-order valence-corrected chi connectivity index (χ1v) is 9.14. The van der Waals surface area contributed by atoms with Crippen molar-refractivity contribution >= 4 is 41.0 Å². The van der Waals surface area contributed by atoms with Crippen LogP contribution in [0.15, 0.2) is 59.6 Å². The minimum absolute atomic E-state index is 0.0384. The second kappa shape index (κ2) is 11.0. The number of nitrogens with one attached hydrogen (secondary N) is 2. The van der Waals surface area contributed by atoms with E-state index in [9.17, 15) is 9.59 Å². The van der Waals surface area contributed by atoms with Crippen LogP contribution in [0.1, 0.15) is 18.1 Å². The van der Waals surface area contributed by atoms with E-state index >= 15 is 0 Å². The van der Waals surface area contributed by atoms with Crippen molar-refractivity contribution in [3.05, 3.63) is 70.8 Å². The lowest BCUT2D eigenvalue weighted by molar-refractivity contribution is -0.142. The van der Waals surface area contributed by atoms with Crippen LogP contribution in [0.2, 0.25) is 5.02 Å². The molecule has 0 bridgehead atoms. The molecule has 146 valence electrons. The third kappa shape index (κ3) is 6.98. The zero-order valence-corrected chi connectivity index (χ0v) is 16.5. The van der Waals surface area contributed by atoms with Crippen molar-refractivity contribution in [2.24, 2.45) is 4.99 Å². The number of aryl methyl sites for hydroxylation is 1. The summed E-state index contributed by atoms with van der Waals surface area (Å²) in [5.74, 6) is -0.781. The van der Waals surface area contributed by atoms with Gasteiger partial charge in [-0.3, -0.25) is 9.59 Å². The molecule has 0 radical (unpaired) electrons. The van der Waals surface area contributed by atoms with Gasteiger partial charge in [0, 0.05) is 5.02 Å². The molecular formula is C21H22ClN3O3. The molecule has 7 heteroatoms. The van der Waals surface area contributed by atoms with Crippen molar-refractivity contribution in [3.8, 4) is 0 Å². The summed E-state index contributed by atoms with van der Waals surface area (Å²) in [5.41, 5.74) is 7.74. The molecule has 0 fully saturated rings. The number of hydrogen-bond acceptors (Lipinski definition) is 5. The minimum atomic E-state index is -0.441. The number of benzene rings is 2. The van der Waals surface area contributed by atoms with Gasteiger partial charge in [-0.2, -0.15) is 0 Å². The molecule has 0 aliphatic carbocycles. The van der Waals surface area contributed by atoms with E-state index in [0.717, 1.165) is 5.56 Å². The van der Waals surface area contributed by atoms with E-state index in [2.05, 4.69) is 15.8 Å². The monoisotopic (exact) mass is 399 g/mol. The maximum Gasteiger partial charge on any atom is 0.321 e. The molecule has 0 heterocycles. The molecule has 0 aliphatic rings. The Morgan fingerprint density at radius 3 is 2.54 bits per heavy atom. The lowest BCUT2D eigenvalue weighted by atomic mass is 10.2. The summed E-state index contributed by atoms with van der Waals surface area (Å²) >= 11 is 6.11. The minimum Gasteiger partial charge on any atom is -0.465 e. The molecule has 0 atom stereocenters. The number of amidine groups is 1. The van der Waals surface area contributed by atoms with Crippen LogP contribution in [-0.4, -0.2) is 30.7 Å². The van der Waals surface area contributed by atoms with Crippen molar-refractivity contribution in [3.63, 3.8) is 0 Å². The Morgan fingerprint density at radius 1 is 1.14 bits per heavy atom. The zero-order valence-electron chi connectivity index (χ0n) is 15.7. The van der Waals surface area contributed by atoms with E-state index < -0.39 is 5.97 Å². The van der Waals surface area contributed by atoms with Gasteiger partial charge in [0.1, 0.15) is 6.54 Å². The second-order valence-corrected chi connectivity index (χ2v) is 6.21. The van der Waals surface area contributed by atoms with Crippen LogP contribution in [0.3, 0.4) is 0 Å². The van der Waals surface area contributed by atoms with E-state index in [1.165, 1.54) is 6.08 Å². The highest BCUT2D eigenvalue weighted by atomic mass is 35.5. The molecule has 0 spiro atoms. The van der Waals surface area contributed by atoms with Gasteiger partial charge in [-0.05, 0) is 49.8 Å². The molecular weight excluding hydrogens is 378 g/mol. The Balaban J connectivity index is 2.16. The summed E-state index contributed by atoms with van der Waals surface area (Å²) in [6.45, 7) is 3.86. The van der Waals surface area contributed by atoms with Gasteiger partial charge in [-0.15, -0.1) is 0 Å². The van der Waals surface area contributed by atoms with Crippen molar-refractivity contribution in [2.75, 3.05) is 13.2 Å². The van der Waals surface area contributed by atoms with E-state index in [1.54, 1.807) is 37.3 Å². The number of rotatable bonds is 8. The quantitative estimate of drug-likeness (QED) is 0.233. The lowest BCUT2D eigenvalue weighted by Gasteiger charge is -2.09. The largest absolute Gasteiger partial charge is 0.465 e. The van der Waals surface area contributed by atoms with E-state index in [1.807, 2.05) is 31.2 Å². The SMILES string of the molecule is CCOC(=O)CNNC(=Nc1ccc(C)cc1)C(=O)/C=C/c1ccccc1Cl. The number of ketones is 1. The molecule has 6 nitrogen and oxygen atoms in total. The van der Waals surface area contributed by atoms with Crippen molar-refractivity contribution in [1.29, 1.82) is 0 Å². The standard InChI is InChI=1S/C21H22ClN3O3/c1-3-28-20(27)14-23-25-21(24-17-11-8-15(2)9-12-17)19(26)13-10-16-6-4-5-7-18(16)22/h4-13,23H,3,14H2,1-2H3,(H,24,25)/b13-10+. The first kappa shape index (κ1) is 21.3. The van der Waals surface area contributed by atoms with Gasteiger partial charge in [-0.1, -0.05) is 47.5 Å². The molecule has 0 unspecified atom stereocenters. The number of nitrogens with zero attached hydrogens (tertiary/aromatic N) is 1. The average molecular weight is 400 g/mol. The molecule has 0 saturated heterocycles. The first-order chi connectivity index (χ1) is 13.5. The number of carbonyl (C=O) groups is 2. The highest BCUT2D eigenvalue weighted by Crippen LogP contribution is 2.16. The van der Waals surface area contributed by atoms with Crippen molar-refractivity contribution < 1.29 is 14.3 Å². The van der Waals surface area contributed by atoms with E-state index in [4.69, 9.17) is 16.3 Å². The van der Waals surface area contributed by atoms with Crippen LogP contribution in [-0.2, 0) is 14.3 Å². The van der Waals surface area contributed by atoms with Gasteiger partial charge < -0.3 is 10.2 Å². The Hall–Kier alpha value is -2.96. The van der Waals surface area contributed by atoms with Crippen LogP contribution in [0.25, 0.3) is 6.08 Å². The molecule has 2 N–H and O–H groups in total. The number of carbonyl (C=O) groups excluding carboxylic acids is 2. The second-order valence-electron chi connectivity index (χ2n) is 5.80. The highest BCUT2D eigenvalue weighted by Gasteiger charge is 2.10. The number of esters is 1. The molecule has 2 aromatic rings. The fourth-order valence-electron chi connectivity index (χ4n) is 2.16. The number of ether oxygens (including phenoxy) is 1. The summed E-state index contributed by atoms with van der Waals surface area (Å²) < 4.78 is 4.84. The third-order valence-electron chi connectivity index (χ3n) is 3.57. The van der Waals surface area contributed by atoms with Gasteiger partial charge in [0.15, 0.2) is 5.84 Å². The highest BCUT2D eigenvalue weighted by molar-refractivity contribution is 6.44. The third-order valence-corrected chi connectivity index (χ3v) is 3.92. The van der Waals surface area contributed by atoms with Crippen LogP contribution >= 0.6 is 11.6 Å². The van der Waals surface area contributed by atoms with Crippen molar-refractivity contribution in [1.82, 2.24) is 10.9 Å². The van der Waals surface area contributed by atoms with Crippen LogP contribution < -0.4 is 10.9 Å². The van der Waals surface area contributed by atoms with Gasteiger partial charge in [0.2, 0.25) is 5.78 Å². The smallest absolute Gasteiger partial charge is 0.321 e. The molecule has 0 aromatic heterocycles. The van der Waals surface area contributed by atoms with Crippen LogP contribution in [0.4, 0.5) is 5.69 Å². The van der Waals surface area contributed by atoms with Gasteiger partial charge >= 0.3 is 5.97 Å². The summed E-state index contributed by atoms with van der Waals surface area (Å²) in [4.78, 5) is 28.4. The normalized spacial score (nSPS) is 11.5. The summed E-state index contributed by atoms with van der Waals surface area (Å²) in [6.07, 6.45) is 2.98. The van der Waals surface area contributed by atoms with Gasteiger partial charge in [0.05, 0.1) is 12.3 Å². The Labute approximate surface area is 169 Å². The summed E-state index contributed by atoms with van der Waals surface area (Å²) in [5, 5.41) is 0.539. The Morgan fingerprint density at radius 2 is 1.86 bits per heavy atom. The molecule has 0 aliphatic heterocycles. The number of aliphatic imine (C=N–C) groups is 1. The average Bonchev–Trinajstić information content (AvgIpc) is 2.68. The maximum atomic E-state index is 12.6. The lowest BCUT2D eigenvalue weighted by Crippen LogP contribution is -2.43. The van der Waals surface area contributed by atoms with Gasteiger partial charge in [0.25, 0.3) is 0 Å². The number of hydrazine groups is 1.